The van der Waals surface area contributed by atoms with Crippen molar-refractivity contribution in [3.63, 3.8) is 0 Å². The summed E-state index contributed by atoms with van der Waals surface area (Å²) in [6.07, 6.45) is 9.76. The highest BCUT2D eigenvalue weighted by Crippen LogP contribution is 2.87. The number of esters is 2. The van der Waals surface area contributed by atoms with Gasteiger partial charge in [-0.15, -0.1) is 0 Å². The summed E-state index contributed by atoms with van der Waals surface area (Å²) in [4.78, 5) is 38.6. The van der Waals surface area contributed by atoms with Crippen LogP contribution in [0.5, 0.6) is 11.5 Å². The van der Waals surface area contributed by atoms with Gasteiger partial charge in [-0.25, -0.2) is 0 Å². The Morgan fingerprint density at radius 1 is 1.04 bits per heavy atom. The Hall–Kier alpha value is -2.87. The maximum atomic E-state index is 13.0. The summed E-state index contributed by atoms with van der Waals surface area (Å²) < 4.78 is 26.2. The first-order valence-electron chi connectivity index (χ1n) is 18.3. The highest BCUT2D eigenvalue weighted by atomic mass is 16.7. The monoisotopic (exact) mass is 660 g/mol. The molecule has 7 aliphatic rings. The molecule has 2 heterocycles. The molecule has 2 spiro atoms. The lowest BCUT2D eigenvalue weighted by Crippen LogP contribution is -2.62. The molecule has 0 bridgehead atoms. The van der Waals surface area contributed by atoms with E-state index in [4.69, 9.17) is 18.9 Å². The van der Waals surface area contributed by atoms with Crippen molar-refractivity contribution in [1.82, 2.24) is 0 Å². The van der Waals surface area contributed by atoms with Crippen molar-refractivity contribution >= 4 is 17.7 Å². The number of ketones is 1. The number of aromatic hydroxyl groups is 1. The average Bonchev–Trinajstić information content (AvgIpc) is 3.50. The number of fused-ring (bicyclic) bond motifs is 4. The number of hydrogen-bond acceptors (Lipinski definition) is 8. The number of phenols is 1. The zero-order valence-corrected chi connectivity index (χ0v) is 29.5. The standard InChI is InChI=1S/C40H52O8/c1-21-19-45-40(29(21)16-26-8-9-27(43)17-31(26)48-40)35(47-25(5)42)23(3)34-32(46-24(4)41)18-37(7)33-11-10-28-22(2)30(44)12-13-38(28)20-39(33,38)15-14-36(34,37)6/h8-9,12-13,17,21-23,28-29,32-35,43H,10-11,14-16,18-20H2,1-7H3. The fraction of sp³-hybridized carbons (Fsp3) is 0.725. The quantitative estimate of drug-likeness (QED) is 0.344. The van der Waals surface area contributed by atoms with Gasteiger partial charge in [0.15, 0.2) is 11.9 Å². The Morgan fingerprint density at radius 3 is 2.54 bits per heavy atom. The van der Waals surface area contributed by atoms with Crippen LogP contribution in [0.25, 0.3) is 0 Å². The van der Waals surface area contributed by atoms with Gasteiger partial charge in [0.05, 0.1) is 6.61 Å². The fourth-order valence-corrected chi connectivity index (χ4v) is 13.5. The zero-order chi connectivity index (χ0) is 34.2. The van der Waals surface area contributed by atoms with E-state index in [2.05, 4.69) is 40.7 Å². The highest BCUT2D eigenvalue weighted by molar-refractivity contribution is 5.93. The summed E-state index contributed by atoms with van der Waals surface area (Å²) in [5, 5.41) is 10.4. The minimum atomic E-state index is -1.24. The molecule has 1 N–H and O–H groups in total. The van der Waals surface area contributed by atoms with Crippen molar-refractivity contribution in [3.8, 4) is 11.5 Å². The van der Waals surface area contributed by atoms with Crippen LogP contribution in [-0.4, -0.2) is 47.4 Å². The van der Waals surface area contributed by atoms with Gasteiger partial charge < -0.3 is 24.1 Å². The maximum absolute atomic E-state index is 13.0. The van der Waals surface area contributed by atoms with E-state index in [0.717, 1.165) is 44.1 Å². The molecular weight excluding hydrogens is 608 g/mol. The van der Waals surface area contributed by atoms with Crippen LogP contribution in [0.4, 0.5) is 0 Å². The van der Waals surface area contributed by atoms with Crippen LogP contribution in [-0.2, 0) is 35.0 Å². The summed E-state index contributed by atoms with van der Waals surface area (Å²) in [5.41, 5.74) is 0.889. The van der Waals surface area contributed by atoms with Crippen LogP contribution in [0.15, 0.2) is 30.4 Å². The predicted molar refractivity (Wildman–Crippen MR) is 177 cm³/mol. The minimum absolute atomic E-state index is 0.0645. The van der Waals surface area contributed by atoms with Crippen molar-refractivity contribution in [2.45, 2.75) is 111 Å². The maximum Gasteiger partial charge on any atom is 0.303 e. The number of hydrogen-bond donors (Lipinski definition) is 1. The van der Waals surface area contributed by atoms with Crippen LogP contribution in [0.2, 0.25) is 0 Å². The molecule has 0 aromatic heterocycles. The molecule has 260 valence electrons. The second-order valence-electron chi connectivity index (χ2n) is 17.5. The zero-order valence-electron chi connectivity index (χ0n) is 29.5. The molecule has 8 nitrogen and oxygen atoms in total. The third kappa shape index (κ3) is 4.01. The molecule has 5 fully saturated rings. The smallest absolute Gasteiger partial charge is 0.303 e. The number of rotatable bonds is 5. The Bertz CT molecular complexity index is 1600. The molecule has 14 atom stereocenters. The number of allylic oxidation sites excluding steroid dienone is 2. The largest absolute Gasteiger partial charge is 0.508 e. The van der Waals surface area contributed by atoms with E-state index in [-0.39, 0.29) is 74.9 Å². The molecule has 1 saturated heterocycles. The van der Waals surface area contributed by atoms with E-state index < -0.39 is 17.9 Å². The normalized spacial score (nSPS) is 47.6. The highest BCUT2D eigenvalue weighted by Gasteiger charge is 2.82. The van der Waals surface area contributed by atoms with Crippen LogP contribution in [0.1, 0.15) is 92.6 Å². The van der Waals surface area contributed by atoms with Crippen molar-refractivity contribution in [2.24, 2.45) is 63.1 Å². The molecule has 2 aliphatic heterocycles. The van der Waals surface area contributed by atoms with Gasteiger partial charge in [-0.1, -0.05) is 46.8 Å². The third-order valence-electron chi connectivity index (χ3n) is 15.6. The Labute approximate surface area is 284 Å². The summed E-state index contributed by atoms with van der Waals surface area (Å²) in [5.74, 6) is -0.446. The van der Waals surface area contributed by atoms with E-state index >= 15 is 0 Å². The van der Waals surface area contributed by atoms with E-state index in [0.29, 0.717) is 30.6 Å². The van der Waals surface area contributed by atoms with Gasteiger partial charge in [-0.2, -0.15) is 0 Å². The lowest BCUT2D eigenvalue weighted by Gasteiger charge is -2.61. The molecule has 4 saturated carbocycles. The van der Waals surface area contributed by atoms with Crippen LogP contribution in [0.3, 0.4) is 0 Å². The van der Waals surface area contributed by atoms with E-state index in [1.54, 1.807) is 12.1 Å². The minimum Gasteiger partial charge on any atom is -0.508 e. The molecule has 48 heavy (non-hydrogen) atoms. The van der Waals surface area contributed by atoms with Gasteiger partial charge in [-0.05, 0) is 102 Å². The van der Waals surface area contributed by atoms with E-state index in [9.17, 15) is 19.5 Å². The molecule has 8 heteroatoms. The lowest BCUT2D eigenvalue weighted by atomic mass is 9.43. The van der Waals surface area contributed by atoms with Gasteiger partial charge in [0, 0.05) is 43.6 Å². The van der Waals surface area contributed by atoms with Gasteiger partial charge in [-0.3, -0.25) is 14.4 Å². The second-order valence-corrected chi connectivity index (χ2v) is 17.5. The topological polar surface area (TPSA) is 108 Å². The Morgan fingerprint density at radius 2 is 1.81 bits per heavy atom. The van der Waals surface area contributed by atoms with Crippen LogP contribution < -0.4 is 4.74 Å². The van der Waals surface area contributed by atoms with Gasteiger partial charge >= 0.3 is 11.9 Å². The van der Waals surface area contributed by atoms with E-state index in [1.165, 1.54) is 13.8 Å². The molecule has 1 aromatic carbocycles. The summed E-state index contributed by atoms with van der Waals surface area (Å²) in [6.45, 7) is 14.7. The molecular formula is C40H52O8. The number of ether oxygens (including phenoxy) is 4. The summed E-state index contributed by atoms with van der Waals surface area (Å²) >= 11 is 0. The van der Waals surface area contributed by atoms with E-state index in [1.807, 2.05) is 12.1 Å². The second kappa shape index (κ2) is 10.3. The Balaban J connectivity index is 1.20. The molecule has 8 rings (SSSR count). The molecule has 5 aliphatic carbocycles. The molecule has 0 amide bonds. The molecule has 1 aromatic rings. The Kier molecular flexibility index (Phi) is 6.96. The predicted octanol–water partition coefficient (Wildman–Crippen LogP) is 6.81. The van der Waals surface area contributed by atoms with Crippen molar-refractivity contribution in [3.05, 3.63) is 35.9 Å². The van der Waals surface area contributed by atoms with Crippen molar-refractivity contribution < 1.29 is 38.4 Å². The van der Waals surface area contributed by atoms with Gasteiger partial charge in [0.25, 0.3) is 5.79 Å². The SMILES string of the molecule is CC(=O)OC1CC2(C)C3CCC4C(C)C(=O)C=CC45CC35CCC2(C)C1C(C)C(OC(C)=O)C12OCC(C)C1Cc1ccc(O)cc1O2. The van der Waals surface area contributed by atoms with Crippen molar-refractivity contribution in [2.75, 3.05) is 6.61 Å². The number of carbonyl (C=O) groups excluding carboxylic acids is 3. The lowest BCUT2D eigenvalue weighted by molar-refractivity contribution is -0.267. The first kappa shape index (κ1) is 32.3. The van der Waals surface area contributed by atoms with Crippen molar-refractivity contribution in [1.29, 1.82) is 0 Å². The van der Waals surface area contributed by atoms with Crippen LogP contribution >= 0.6 is 0 Å². The summed E-state index contributed by atoms with van der Waals surface area (Å²) in [6, 6.07) is 5.21. The third-order valence-corrected chi connectivity index (χ3v) is 15.6. The van der Waals surface area contributed by atoms with Gasteiger partial charge in [0.2, 0.25) is 0 Å². The number of benzene rings is 1. The van der Waals surface area contributed by atoms with Gasteiger partial charge in [0.1, 0.15) is 17.6 Å². The molecule has 14 unspecified atom stereocenters. The molecule has 0 radical (unpaired) electrons. The first-order chi connectivity index (χ1) is 22.6. The first-order valence-corrected chi connectivity index (χ1v) is 18.3. The summed E-state index contributed by atoms with van der Waals surface area (Å²) in [7, 11) is 0. The van der Waals surface area contributed by atoms with Crippen LogP contribution in [0, 0.1) is 63.1 Å². The number of phenolic OH excluding ortho intramolecular Hbond substituents is 1. The average molecular weight is 661 g/mol. The fourth-order valence-electron chi connectivity index (χ4n) is 13.5. The number of carbonyl (C=O) groups is 3.